The molecule has 6 N–H and O–H groups in total. The van der Waals surface area contributed by atoms with Gasteiger partial charge in [0.1, 0.15) is 24.4 Å². The van der Waals surface area contributed by atoms with Crippen LogP contribution in [0, 0.1) is 0 Å². The molecule has 1 amide bonds. The molecule has 0 bridgehead atoms. The number of ether oxygens (including phenoxy) is 2. The van der Waals surface area contributed by atoms with E-state index in [0.29, 0.717) is 12.8 Å². The van der Waals surface area contributed by atoms with Crippen molar-refractivity contribution in [3.05, 3.63) is 97.2 Å². The van der Waals surface area contributed by atoms with Crippen LogP contribution in [0.4, 0.5) is 0 Å². The smallest absolute Gasteiger partial charge is 0.220 e. The van der Waals surface area contributed by atoms with E-state index >= 15 is 0 Å². The van der Waals surface area contributed by atoms with Crippen molar-refractivity contribution in [2.45, 2.75) is 403 Å². The Bertz CT molecular complexity index is 1770. The topological polar surface area (TPSA) is 149 Å². The maximum absolute atomic E-state index is 13.2. The summed E-state index contributed by atoms with van der Waals surface area (Å²) in [4.78, 5) is 13.2. The Kier molecular flexibility index (Phi) is 66.2. The highest BCUT2D eigenvalue weighted by Gasteiger charge is 2.44. The molecule has 0 aromatic rings. The maximum atomic E-state index is 13.2. The summed E-state index contributed by atoms with van der Waals surface area (Å²) < 4.78 is 11.4. The molecule has 1 saturated heterocycles. The third-order valence-corrected chi connectivity index (χ3v) is 18.2. The second-order valence-corrected chi connectivity index (χ2v) is 26.8. The number of allylic oxidation sites excluding steroid dienone is 16. The second-order valence-electron chi connectivity index (χ2n) is 26.8. The molecule has 0 spiro atoms. The van der Waals surface area contributed by atoms with Crippen molar-refractivity contribution in [1.29, 1.82) is 0 Å². The average molecular weight is 1280 g/mol. The molecule has 0 radical (unpaired) electrons. The highest BCUT2D eigenvalue weighted by atomic mass is 16.7. The van der Waals surface area contributed by atoms with Gasteiger partial charge in [-0.15, -0.1) is 0 Å². The van der Waals surface area contributed by atoms with Gasteiger partial charge < -0.3 is 40.3 Å². The first-order chi connectivity index (χ1) is 44.8. The molecule has 9 heteroatoms. The van der Waals surface area contributed by atoms with Gasteiger partial charge >= 0.3 is 0 Å². The van der Waals surface area contributed by atoms with E-state index in [1.54, 1.807) is 0 Å². The van der Waals surface area contributed by atoms with Crippen molar-refractivity contribution in [3.63, 3.8) is 0 Å². The van der Waals surface area contributed by atoms with Crippen LogP contribution in [-0.4, -0.2) is 87.5 Å². The fourth-order valence-electron chi connectivity index (χ4n) is 12.2. The quantitative estimate of drug-likeness (QED) is 0.0261. The molecule has 1 rings (SSSR count). The Morgan fingerprint density at radius 3 is 1.01 bits per heavy atom. The Morgan fingerprint density at radius 2 is 0.681 bits per heavy atom. The van der Waals surface area contributed by atoms with Gasteiger partial charge in [-0.3, -0.25) is 4.79 Å². The summed E-state index contributed by atoms with van der Waals surface area (Å²) in [6.45, 7) is 3.77. The van der Waals surface area contributed by atoms with Gasteiger partial charge in [-0.2, -0.15) is 0 Å². The number of carbonyl (C=O) groups is 1. The first-order valence-corrected chi connectivity index (χ1v) is 38.9. The van der Waals surface area contributed by atoms with E-state index in [-0.39, 0.29) is 12.5 Å². The standard InChI is InChI=1S/C82H147NO8/c1-3-5-7-9-11-13-15-17-19-21-23-25-27-29-31-33-35-36-37-38-39-40-42-44-46-48-50-52-54-56-58-60-62-64-66-68-70-72-78(86)83-75(74-90-82-81(89)80(88)79(87)77(73-84)91-82)76(85)71-69-67-65-63-61-59-57-55-53-51-49-47-45-43-41-34-32-30-28-26-24-22-20-18-16-14-12-10-8-6-4-2/h5,7,11,13,17,19,23,25,29,31,35-36,38-39,42,44,75-77,79-82,84-85,87-89H,3-4,6,8-10,12,14-16,18,20-22,24,26-28,30,32-34,37,40-41,43,45-74H2,1-2H3,(H,83,86)/b7-5-,13-11-,19-17-,25-23-,31-29-,36-35-,39-38-,44-42-. The van der Waals surface area contributed by atoms with Crippen molar-refractivity contribution < 1.29 is 39.8 Å². The van der Waals surface area contributed by atoms with E-state index in [1.807, 2.05) is 0 Å². The van der Waals surface area contributed by atoms with Crippen LogP contribution in [-0.2, 0) is 14.3 Å². The minimum absolute atomic E-state index is 0.141. The highest BCUT2D eigenvalue weighted by Crippen LogP contribution is 2.24. The number of rotatable bonds is 68. The van der Waals surface area contributed by atoms with Gasteiger partial charge in [0.2, 0.25) is 5.91 Å². The van der Waals surface area contributed by atoms with Crippen LogP contribution in [0.2, 0.25) is 0 Å². The lowest BCUT2D eigenvalue weighted by Crippen LogP contribution is -2.60. The first kappa shape index (κ1) is 86.1. The number of amides is 1. The molecular weight excluding hydrogens is 1130 g/mol. The normalized spacial score (nSPS) is 18.3. The predicted molar refractivity (Wildman–Crippen MR) is 391 cm³/mol. The first-order valence-electron chi connectivity index (χ1n) is 38.9. The SMILES string of the molecule is CC/C=C\C/C=C\C/C=C\C/C=C\C/C=C\C/C=C\C/C=C\C/C=C\CCCCCCCCCCCCCCC(=O)NC(COC1OC(CO)C(O)C(O)C1O)C(O)CCCCCCCCCCCCCCCCCCCCCCCCCCCCCCCCC. The van der Waals surface area contributed by atoms with Gasteiger partial charge in [0, 0.05) is 6.42 Å². The van der Waals surface area contributed by atoms with Crippen LogP contribution < -0.4 is 5.32 Å². The molecule has 91 heavy (non-hydrogen) atoms. The van der Waals surface area contributed by atoms with E-state index in [4.69, 9.17) is 9.47 Å². The maximum Gasteiger partial charge on any atom is 0.220 e. The van der Waals surface area contributed by atoms with Crippen molar-refractivity contribution in [3.8, 4) is 0 Å². The Morgan fingerprint density at radius 1 is 0.385 bits per heavy atom. The Hall–Kier alpha value is -2.89. The molecule has 1 heterocycles. The molecule has 0 saturated carbocycles. The van der Waals surface area contributed by atoms with Crippen molar-refractivity contribution in [2.75, 3.05) is 13.2 Å². The van der Waals surface area contributed by atoms with Crippen molar-refractivity contribution >= 4 is 5.91 Å². The van der Waals surface area contributed by atoms with Gasteiger partial charge in [-0.1, -0.05) is 374 Å². The van der Waals surface area contributed by atoms with Gasteiger partial charge in [0.05, 0.1) is 25.4 Å². The Balaban J connectivity index is 2.09. The zero-order valence-electron chi connectivity index (χ0n) is 59.3. The van der Waals surface area contributed by atoms with Crippen LogP contribution in [0.5, 0.6) is 0 Å². The predicted octanol–water partition coefficient (Wildman–Crippen LogP) is 22.2. The summed E-state index contributed by atoms with van der Waals surface area (Å²) in [6, 6.07) is -0.728. The summed E-state index contributed by atoms with van der Waals surface area (Å²) >= 11 is 0. The highest BCUT2D eigenvalue weighted by molar-refractivity contribution is 5.76. The van der Waals surface area contributed by atoms with E-state index in [2.05, 4.69) is 116 Å². The van der Waals surface area contributed by atoms with E-state index in [0.717, 1.165) is 89.9 Å². The van der Waals surface area contributed by atoms with Crippen molar-refractivity contribution in [2.24, 2.45) is 0 Å². The minimum atomic E-state index is -1.56. The number of hydrogen-bond acceptors (Lipinski definition) is 8. The molecule has 528 valence electrons. The molecule has 7 atom stereocenters. The van der Waals surface area contributed by atoms with E-state index in [9.17, 15) is 30.3 Å². The summed E-state index contributed by atoms with van der Waals surface area (Å²) in [6.07, 6.45) is 94.9. The number of unbranched alkanes of at least 4 members (excludes halogenated alkanes) is 42. The fourth-order valence-corrected chi connectivity index (χ4v) is 12.2. The molecule has 0 aromatic carbocycles. The van der Waals surface area contributed by atoms with Gasteiger partial charge in [-0.05, 0) is 77.0 Å². The van der Waals surface area contributed by atoms with Crippen LogP contribution in [0.1, 0.15) is 361 Å². The number of aliphatic hydroxyl groups excluding tert-OH is 5. The van der Waals surface area contributed by atoms with Crippen LogP contribution in [0.15, 0.2) is 97.2 Å². The van der Waals surface area contributed by atoms with E-state index < -0.39 is 49.5 Å². The lowest BCUT2D eigenvalue weighted by atomic mass is 9.99. The summed E-state index contributed by atoms with van der Waals surface area (Å²) in [7, 11) is 0. The lowest BCUT2D eigenvalue weighted by Gasteiger charge is -2.40. The van der Waals surface area contributed by atoms with Gasteiger partial charge in [-0.25, -0.2) is 0 Å². The third-order valence-electron chi connectivity index (χ3n) is 18.2. The Labute approximate surface area is 562 Å². The number of carbonyl (C=O) groups excluding carboxylic acids is 1. The molecule has 1 aliphatic rings. The average Bonchev–Trinajstić information content (AvgIpc) is 1.70. The van der Waals surface area contributed by atoms with Crippen LogP contribution in [0.3, 0.4) is 0 Å². The zero-order chi connectivity index (χ0) is 65.7. The van der Waals surface area contributed by atoms with Crippen molar-refractivity contribution in [1.82, 2.24) is 5.32 Å². The fraction of sp³-hybridized carbons (Fsp3) is 0.793. The number of hydrogen-bond donors (Lipinski definition) is 6. The van der Waals surface area contributed by atoms with Gasteiger partial charge in [0.25, 0.3) is 0 Å². The van der Waals surface area contributed by atoms with Crippen LogP contribution in [0.25, 0.3) is 0 Å². The summed E-state index contributed by atoms with van der Waals surface area (Å²) in [5.41, 5.74) is 0. The summed E-state index contributed by atoms with van der Waals surface area (Å²) in [5, 5.41) is 55.1. The van der Waals surface area contributed by atoms with Crippen LogP contribution >= 0.6 is 0 Å². The minimum Gasteiger partial charge on any atom is -0.394 e. The molecular formula is C82H147NO8. The molecule has 9 nitrogen and oxygen atoms in total. The third kappa shape index (κ3) is 58.2. The molecule has 1 fully saturated rings. The molecule has 7 unspecified atom stereocenters. The molecule has 0 aromatic heterocycles. The molecule has 1 aliphatic heterocycles. The molecule has 0 aliphatic carbocycles. The lowest BCUT2D eigenvalue weighted by molar-refractivity contribution is -0.302. The van der Waals surface area contributed by atoms with E-state index in [1.165, 1.54) is 244 Å². The summed E-state index contributed by atoms with van der Waals surface area (Å²) in [5.74, 6) is -0.145. The zero-order valence-corrected chi connectivity index (χ0v) is 59.3. The van der Waals surface area contributed by atoms with Gasteiger partial charge in [0.15, 0.2) is 6.29 Å². The monoisotopic (exact) mass is 1270 g/mol. The number of nitrogens with one attached hydrogen (secondary N) is 1. The second kappa shape index (κ2) is 69.9. The number of aliphatic hydroxyl groups is 5. The largest absolute Gasteiger partial charge is 0.394 e.